The molecule has 2 aromatic rings. The fraction of sp³-hybridized carbons (Fsp3) is 0.583. The van der Waals surface area contributed by atoms with E-state index in [4.69, 9.17) is 9.37 Å². The normalized spacial score (nSPS) is 15.2. The number of hydrogen-bond acceptors (Lipinski definition) is 8. The maximum Gasteiger partial charge on any atom is 0.314 e. The molecule has 10 nitrogen and oxygen atoms in total. The second kappa shape index (κ2) is 5.62. The van der Waals surface area contributed by atoms with Gasteiger partial charge in [-0.3, -0.25) is 4.79 Å². The van der Waals surface area contributed by atoms with Crippen LogP contribution in [0, 0.1) is 6.92 Å². The average molecular weight is 307 g/mol. The van der Waals surface area contributed by atoms with Gasteiger partial charge in [0.25, 0.3) is 5.91 Å². The van der Waals surface area contributed by atoms with Gasteiger partial charge < -0.3 is 14.5 Å². The Bertz CT molecular complexity index is 672. The fourth-order valence-electron chi connectivity index (χ4n) is 2.42. The Hall–Kier alpha value is -2.65. The lowest BCUT2D eigenvalue weighted by Crippen LogP contribution is -2.49. The van der Waals surface area contributed by atoms with E-state index < -0.39 is 0 Å². The summed E-state index contributed by atoms with van der Waals surface area (Å²) >= 11 is 0. The van der Waals surface area contributed by atoms with Crippen LogP contribution >= 0.6 is 0 Å². The highest BCUT2D eigenvalue weighted by atomic mass is 16.6. The fourth-order valence-corrected chi connectivity index (χ4v) is 2.42. The van der Waals surface area contributed by atoms with Gasteiger partial charge in [0.05, 0.1) is 7.11 Å². The highest BCUT2D eigenvalue weighted by Crippen LogP contribution is 2.17. The summed E-state index contributed by atoms with van der Waals surface area (Å²) in [5.41, 5.74) is 0.746. The largest absolute Gasteiger partial charge is 0.467 e. The molecule has 2 aromatic heterocycles. The van der Waals surface area contributed by atoms with Gasteiger partial charge in [-0.1, -0.05) is 5.16 Å². The van der Waals surface area contributed by atoms with Crippen LogP contribution in [0.5, 0.6) is 6.01 Å². The van der Waals surface area contributed by atoms with Crippen molar-refractivity contribution in [2.75, 3.05) is 38.2 Å². The van der Waals surface area contributed by atoms with Gasteiger partial charge in [0.2, 0.25) is 5.82 Å². The maximum atomic E-state index is 12.4. The van der Waals surface area contributed by atoms with Crippen molar-refractivity contribution in [3.63, 3.8) is 0 Å². The zero-order valence-electron chi connectivity index (χ0n) is 12.7. The van der Waals surface area contributed by atoms with Crippen molar-refractivity contribution < 1.29 is 14.2 Å². The number of rotatable bonds is 3. The molecule has 118 valence electrons. The summed E-state index contributed by atoms with van der Waals surface area (Å²) in [7, 11) is 3.17. The molecule has 1 fully saturated rings. The second-order valence-corrected chi connectivity index (χ2v) is 5.00. The van der Waals surface area contributed by atoms with Crippen molar-refractivity contribution in [1.82, 2.24) is 30.0 Å². The number of piperazine rings is 1. The molecule has 10 heteroatoms. The summed E-state index contributed by atoms with van der Waals surface area (Å²) < 4.78 is 11.2. The topological polar surface area (TPSA) is 102 Å². The Morgan fingerprint density at radius 2 is 1.95 bits per heavy atom. The van der Waals surface area contributed by atoms with Gasteiger partial charge in [-0.25, -0.2) is 9.31 Å². The minimum Gasteiger partial charge on any atom is -0.467 e. The third kappa shape index (κ3) is 2.47. The van der Waals surface area contributed by atoms with Crippen molar-refractivity contribution in [2.45, 2.75) is 6.92 Å². The molecule has 0 saturated carbocycles. The van der Waals surface area contributed by atoms with Crippen molar-refractivity contribution in [2.24, 2.45) is 7.05 Å². The number of nitrogens with zero attached hydrogens (tertiary/aromatic N) is 7. The van der Waals surface area contributed by atoms with Crippen molar-refractivity contribution >= 4 is 11.7 Å². The molecule has 1 aliphatic heterocycles. The SMILES string of the molecule is COc1nc(C(=O)N2CCN(c3nonc3C)CC2)nn1C. The highest BCUT2D eigenvalue weighted by Gasteiger charge is 2.27. The first-order valence-electron chi connectivity index (χ1n) is 6.88. The predicted octanol–water partition coefficient (Wildman–Crippen LogP) is -0.522. The first-order valence-corrected chi connectivity index (χ1v) is 6.88. The summed E-state index contributed by atoms with van der Waals surface area (Å²) in [5.74, 6) is 0.672. The number of hydrogen-bond donors (Lipinski definition) is 0. The molecule has 3 rings (SSSR count). The molecule has 0 N–H and O–H groups in total. The third-order valence-corrected chi connectivity index (χ3v) is 3.59. The Balaban J connectivity index is 1.65. The van der Waals surface area contributed by atoms with E-state index in [-0.39, 0.29) is 11.7 Å². The molecule has 1 saturated heterocycles. The lowest BCUT2D eigenvalue weighted by molar-refractivity contribution is 0.0733. The molecule has 0 spiro atoms. The van der Waals surface area contributed by atoms with Crippen molar-refractivity contribution in [3.05, 3.63) is 11.5 Å². The second-order valence-electron chi connectivity index (χ2n) is 5.00. The van der Waals surface area contributed by atoms with Gasteiger partial charge in [-0.05, 0) is 12.1 Å². The number of amides is 1. The van der Waals surface area contributed by atoms with E-state index in [0.29, 0.717) is 32.2 Å². The van der Waals surface area contributed by atoms with Crippen LogP contribution < -0.4 is 9.64 Å². The van der Waals surface area contributed by atoms with E-state index in [1.165, 1.54) is 11.8 Å². The lowest BCUT2D eigenvalue weighted by Gasteiger charge is -2.34. The van der Waals surface area contributed by atoms with Crippen molar-refractivity contribution in [1.29, 1.82) is 0 Å². The molecule has 22 heavy (non-hydrogen) atoms. The van der Waals surface area contributed by atoms with Gasteiger partial charge in [0.1, 0.15) is 5.69 Å². The van der Waals surface area contributed by atoms with E-state index in [9.17, 15) is 4.79 Å². The Morgan fingerprint density at radius 1 is 1.23 bits per heavy atom. The number of aryl methyl sites for hydroxylation is 2. The molecule has 0 aromatic carbocycles. The van der Waals surface area contributed by atoms with Crippen LogP contribution in [0.4, 0.5) is 5.82 Å². The average Bonchev–Trinajstić information content (AvgIpc) is 3.12. The summed E-state index contributed by atoms with van der Waals surface area (Å²) in [6.45, 7) is 4.28. The van der Waals surface area contributed by atoms with Crippen LogP contribution in [0.2, 0.25) is 0 Å². The minimum absolute atomic E-state index is 0.145. The number of carbonyl (C=O) groups excluding carboxylic acids is 1. The molecule has 0 radical (unpaired) electrons. The molecule has 0 unspecified atom stereocenters. The maximum absolute atomic E-state index is 12.4. The summed E-state index contributed by atoms with van der Waals surface area (Å²) in [5, 5.41) is 11.7. The van der Waals surface area contributed by atoms with Crippen LogP contribution in [0.1, 0.15) is 16.3 Å². The quantitative estimate of drug-likeness (QED) is 0.746. The van der Waals surface area contributed by atoms with Gasteiger partial charge >= 0.3 is 6.01 Å². The van der Waals surface area contributed by atoms with E-state index in [0.717, 1.165) is 11.5 Å². The Labute approximate surface area is 126 Å². The van der Waals surface area contributed by atoms with E-state index in [2.05, 4.69) is 20.4 Å². The number of ether oxygens (including phenoxy) is 1. The van der Waals surface area contributed by atoms with E-state index in [1.807, 2.05) is 11.8 Å². The van der Waals surface area contributed by atoms with Crippen LogP contribution in [0.25, 0.3) is 0 Å². The van der Waals surface area contributed by atoms with Gasteiger partial charge in [-0.15, -0.1) is 5.10 Å². The first-order chi connectivity index (χ1) is 10.6. The summed E-state index contributed by atoms with van der Waals surface area (Å²) in [6, 6.07) is 0.311. The molecular weight excluding hydrogens is 290 g/mol. The van der Waals surface area contributed by atoms with Gasteiger partial charge in [0, 0.05) is 33.2 Å². The Kier molecular flexibility index (Phi) is 3.65. The molecule has 0 aliphatic carbocycles. The molecule has 0 bridgehead atoms. The molecule has 3 heterocycles. The smallest absolute Gasteiger partial charge is 0.314 e. The van der Waals surface area contributed by atoms with Gasteiger partial charge in [0.15, 0.2) is 5.82 Å². The third-order valence-electron chi connectivity index (χ3n) is 3.59. The monoisotopic (exact) mass is 307 g/mol. The van der Waals surface area contributed by atoms with E-state index in [1.54, 1.807) is 11.9 Å². The van der Waals surface area contributed by atoms with Crippen LogP contribution in [-0.2, 0) is 7.05 Å². The summed E-state index contributed by atoms with van der Waals surface area (Å²) in [6.07, 6.45) is 0. The number of methoxy groups -OCH3 is 1. The zero-order chi connectivity index (χ0) is 15.7. The van der Waals surface area contributed by atoms with Crippen LogP contribution in [-0.4, -0.2) is 69.2 Å². The van der Waals surface area contributed by atoms with E-state index >= 15 is 0 Å². The molecular formula is C12H17N7O3. The molecule has 1 amide bonds. The van der Waals surface area contributed by atoms with Crippen molar-refractivity contribution in [3.8, 4) is 6.01 Å². The van der Waals surface area contributed by atoms with Crippen LogP contribution in [0.15, 0.2) is 4.63 Å². The molecule has 1 aliphatic rings. The van der Waals surface area contributed by atoms with Crippen LogP contribution in [0.3, 0.4) is 0 Å². The number of anilines is 1. The zero-order valence-corrected chi connectivity index (χ0v) is 12.7. The minimum atomic E-state index is -0.200. The molecule has 0 atom stereocenters. The first kappa shape index (κ1) is 14.3. The van der Waals surface area contributed by atoms with Gasteiger partial charge in [-0.2, -0.15) is 4.98 Å². The lowest BCUT2D eigenvalue weighted by atomic mass is 10.3. The number of carbonyl (C=O) groups is 1. The Morgan fingerprint density at radius 3 is 2.50 bits per heavy atom. The summed E-state index contributed by atoms with van der Waals surface area (Å²) in [4.78, 5) is 20.2. The standard InChI is InChI=1S/C12H17N7O3/c1-8-10(16-22-15-8)18-4-6-19(7-5-18)11(20)9-13-12(21-3)17(2)14-9/h4-7H2,1-3H3. The predicted molar refractivity (Wildman–Crippen MR) is 74.7 cm³/mol. The highest BCUT2D eigenvalue weighted by molar-refractivity contribution is 5.90. The number of aromatic nitrogens is 5.